The van der Waals surface area contributed by atoms with Gasteiger partial charge in [-0.1, -0.05) is 0 Å². The Balaban J connectivity index is 1.45. The standard InChI is InChI=1S/C21H24FN5O/c22-16-6-4-15(5-7-16)19-14-20-24-18-3-1-2-17(18)21(27(20)25-19)23-8-9-26-10-12-28-13-11-26/h4-7,14,23H,1-3,8-13H2. The smallest absolute Gasteiger partial charge is 0.158 e. The molecule has 1 saturated heterocycles. The Kier molecular flexibility index (Phi) is 4.70. The molecule has 0 atom stereocenters. The fourth-order valence-electron chi connectivity index (χ4n) is 4.09. The van der Waals surface area contributed by atoms with Gasteiger partial charge >= 0.3 is 0 Å². The Hall–Kier alpha value is -2.51. The average Bonchev–Trinajstić information content (AvgIpc) is 3.35. The number of ether oxygens (including phenoxy) is 1. The molecule has 3 heterocycles. The van der Waals surface area contributed by atoms with Crippen molar-refractivity contribution in [2.75, 3.05) is 44.7 Å². The zero-order valence-corrected chi connectivity index (χ0v) is 15.8. The summed E-state index contributed by atoms with van der Waals surface area (Å²) < 4.78 is 20.6. The molecular formula is C21H24FN5O. The summed E-state index contributed by atoms with van der Waals surface area (Å²) in [5.74, 6) is 0.814. The number of rotatable bonds is 5. The summed E-state index contributed by atoms with van der Waals surface area (Å²) in [5.41, 5.74) is 5.00. The first-order valence-corrected chi connectivity index (χ1v) is 9.99. The lowest BCUT2D eigenvalue weighted by atomic mass is 10.1. The van der Waals surface area contributed by atoms with Crippen LogP contribution in [0.2, 0.25) is 0 Å². The molecule has 7 heteroatoms. The monoisotopic (exact) mass is 381 g/mol. The van der Waals surface area contributed by atoms with E-state index in [-0.39, 0.29) is 5.82 Å². The number of halogens is 1. The number of nitrogens with zero attached hydrogens (tertiary/aromatic N) is 4. The minimum atomic E-state index is -0.241. The number of fused-ring (bicyclic) bond motifs is 2. The predicted octanol–water partition coefficient (Wildman–Crippen LogP) is 2.77. The molecule has 1 aromatic carbocycles. The highest BCUT2D eigenvalue weighted by Gasteiger charge is 2.21. The third-order valence-corrected chi connectivity index (χ3v) is 5.59. The first kappa shape index (κ1) is 17.6. The zero-order chi connectivity index (χ0) is 18.9. The summed E-state index contributed by atoms with van der Waals surface area (Å²) >= 11 is 0. The molecule has 5 rings (SSSR count). The second kappa shape index (κ2) is 7.48. The largest absolute Gasteiger partial charge is 0.379 e. The molecule has 1 N–H and O–H groups in total. The molecule has 28 heavy (non-hydrogen) atoms. The molecule has 1 aliphatic heterocycles. The van der Waals surface area contributed by atoms with Crippen molar-refractivity contribution < 1.29 is 9.13 Å². The maximum Gasteiger partial charge on any atom is 0.158 e. The maximum absolute atomic E-state index is 13.3. The van der Waals surface area contributed by atoms with Crippen molar-refractivity contribution in [3.05, 3.63) is 47.4 Å². The van der Waals surface area contributed by atoms with Gasteiger partial charge in [-0.3, -0.25) is 4.90 Å². The van der Waals surface area contributed by atoms with Gasteiger partial charge in [0, 0.05) is 49.1 Å². The molecule has 3 aromatic rings. The minimum absolute atomic E-state index is 0.241. The van der Waals surface area contributed by atoms with Crippen LogP contribution in [0.1, 0.15) is 17.7 Å². The van der Waals surface area contributed by atoms with Crippen LogP contribution in [-0.4, -0.2) is 58.9 Å². The number of nitrogens with one attached hydrogen (secondary N) is 1. The number of benzene rings is 1. The van der Waals surface area contributed by atoms with Crippen molar-refractivity contribution >= 4 is 11.5 Å². The number of aryl methyl sites for hydroxylation is 1. The highest BCUT2D eigenvalue weighted by atomic mass is 19.1. The fraction of sp³-hybridized carbons (Fsp3) is 0.429. The Morgan fingerprint density at radius 1 is 1.11 bits per heavy atom. The van der Waals surface area contributed by atoms with Crippen molar-refractivity contribution in [3.63, 3.8) is 0 Å². The molecule has 0 amide bonds. The highest BCUT2D eigenvalue weighted by molar-refractivity contribution is 5.67. The van der Waals surface area contributed by atoms with E-state index in [1.165, 1.54) is 23.4 Å². The molecule has 1 fully saturated rings. The Morgan fingerprint density at radius 2 is 1.93 bits per heavy atom. The van der Waals surface area contributed by atoms with Crippen LogP contribution in [0.4, 0.5) is 10.2 Å². The van der Waals surface area contributed by atoms with Gasteiger partial charge in [0.05, 0.1) is 18.9 Å². The number of aromatic nitrogens is 3. The van der Waals surface area contributed by atoms with Gasteiger partial charge in [0.25, 0.3) is 0 Å². The van der Waals surface area contributed by atoms with Gasteiger partial charge < -0.3 is 10.1 Å². The number of hydrogen-bond donors (Lipinski definition) is 1. The van der Waals surface area contributed by atoms with E-state index in [0.29, 0.717) is 0 Å². The lowest BCUT2D eigenvalue weighted by Crippen LogP contribution is -2.39. The number of morpholine rings is 1. The van der Waals surface area contributed by atoms with Gasteiger partial charge in [-0.15, -0.1) is 0 Å². The zero-order valence-electron chi connectivity index (χ0n) is 15.8. The Labute approximate surface area is 163 Å². The van der Waals surface area contributed by atoms with Gasteiger partial charge in [0.2, 0.25) is 0 Å². The number of hydrogen-bond acceptors (Lipinski definition) is 5. The third kappa shape index (κ3) is 3.36. The topological polar surface area (TPSA) is 54.7 Å². The summed E-state index contributed by atoms with van der Waals surface area (Å²) in [5, 5.41) is 8.42. The third-order valence-electron chi connectivity index (χ3n) is 5.59. The first-order chi connectivity index (χ1) is 13.8. The van der Waals surface area contributed by atoms with Crippen LogP contribution in [0.25, 0.3) is 16.9 Å². The quantitative estimate of drug-likeness (QED) is 0.737. The van der Waals surface area contributed by atoms with E-state index in [2.05, 4.69) is 10.2 Å². The fourth-order valence-corrected chi connectivity index (χ4v) is 4.09. The van der Waals surface area contributed by atoms with Crippen LogP contribution in [0.3, 0.4) is 0 Å². The summed E-state index contributed by atoms with van der Waals surface area (Å²) in [6.07, 6.45) is 3.18. The van der Waals surface area contributed by atoms with E-state index in [4.69, 9.17) is 14.8 Å². The van der Waals surface area contributed by atoms with Crippen LogP contribution in [0.5, 0.6) is 0 Å². The molecule has 2 aliphatic rings. The second-order valence-corrected chi connectivity index (χ2v) is 7.43. The maximum atomic E-state index is 13.3. The van der Waals surface area contributed by atoms with E-state index in [0.717, 1.165) is 81.4 Å². The lowest BCUT2D eigenvalue weighted by Gasteiger charge is -2.26. The first-order valence-electron chi connectivity index (χ1n) is 9.99. The average molecular weight is 381 g/mol. The van der Waals surface area contributed by atoms with Crippen LogP contribution in [0.15, 0.2) is 30.3 Å². The normalized spacial score (nSPS) is 17.2. The van der Waals surface area contributed by atoms with Crippen molar-refractivity contribution in [2.24, 2.45) is 0 Å². The molecule has 1 aliphatic carbocycles. The molecule has 0 saturated carbocycles. The highest BCUT2D eigenvalue weighted by Crippen LogP contribution is 2.30. The molecule has 6 nitrogen and oxygen atoms in total. The molecule has 0 unspecified atom stereocenters. The van der Waals surface area contributed by atoms with Crippen molar-refractivity contribution in [1.82, 2.24) is 19.5 Å². The van der Waals surface area contributed by atoms with E-state index in [1.54, 1.807) is 12.1 Å². The van der Waals surface area contributed by atoms with Crippen molar-refractivity contribution in [3.8, 4) is 11.3 Å². The van der Waals surface area contributed by atoms with Gasteiger partial charge in [-0.25, -0.2) is 9.37 Å². The van der Waals surface area contributed by atoms with Gasteiger partial charge in [-0.05, 0) is 43.5 Å². The SMILES string of the molecule is Fc1ccc(-c2cc3nc4c(c(NCCN5CCOCC5)n3n2)CCC4)cc1. The van der Waals surface area contributed by atoms with Gasteiger partial charge in [0.15, 0.2) is 5.65 Å². The summed E-state index contributed by atoms with van der Waals surface area (Å²) in [6.45, 7) is 5.44. The van der Waals surface area contributed by atoms with E-state index >= 15 is 0 Å². The Morgan fingerprint density at radius 3 is 2.75 bits per heavy atom. The molecule has 0 spiro atoms. The number of anilines is 1. The van der Waals surface area contributed by atoms with Crippen LogP contribution < -0.4 is 5.32 Å². The molecule has 146 valence electrons. The summed E-state index contributed by atoms with van der Waals surface area (Å²) in [6, 6.07) is 8.44. The van der Waals surface area contributed by atoms with E-state index < -0.39 is 0 Å². The summed E-state index contributed by atoms with van der Waals surface area (Å²) in [4.78, 5) is 7.26. The lowest BCUT2D eigenvalue weighted by molar-refractivity contribution is 0.0398. The van der Waals surface area contributed by atoms with Crippen LogP contribution >= 0.6 is 0 Å². The predicted molar refractivity (Wildman–Crippen MR) is 106 cm³/mol. The van der Waals surface area contributed by atoms with Crippen LogP contribution in [0, 0.1) is 5.82 Å². The molecule has 0 bridgehead atoms. The van der Waals surface area contributed by atoms with Gasteiger partial charge in [0.1, 0.15) is 11.6 Å². The minimum Gasteiger partial charge on any atom is -0.379 e. The van der Waals surface area contributed by atoms with E-state index in [1.807, 2.05) is 10.6 Å². The van der Waals surface area contributed by atoms with Crippen molar-refractivity contribution in [2.45, 2.75) is 19.3 Å². The Bertz CT molecular complexity index is 979. The van der Waals surface area contributed by atoms with Gasteiger partial charge in [-0.2, -0.15) is 9.61 Å². The molecule has 2 aromatic heterocycles. The van der Waals surface area contributed by atoms with Crippen molar-refractivity contribution in [1.29, 1.82) is 0 Å². The summed E-state index contributed by atoms with van der Waals surface area (Å²) in [7, 11) is 0. The van der Waals surface area contributed by atoms with Crippen LogP contribution in [-0.2, 0) is 17.6 Å². The second-order valence-electron chi connectivity index (χ2n) is 7.43. The van der Waals surface area contributed by atoms with E-state index in [9.17, 15) is 4.39 Å². The molecular weight excluding hydrogens is 357 g/mol. The molecule has 0 radical (unpaired) electrons.